The third kappa shape index (κ3) is 2.46. The van der Waals surface area contributed by atoms with Crippen molar-refractivity contribution in [2.24, 2.45) is 11.8 Å². The van der Waals surface area contributed by atoms with E-state index < -0.39 is 0 Å². The van der Waals surface area contributed by atoms with Crippen molar-refractivity contribution in [3.05, 3.63) is 0 Å². The predicted octanol–water partition coefficient (Wildman–Crippen LogP) is 3.03. The molecule has 3 rings (SSSR count). The highest BCUT2D eigenvalue weighted by Gasteiger charge is 2.39. The van der Waals surface area contributed by atoms with E-state index in [1.54, 1.807) is 0 Å². The first-order valence-corrected chi connectivity index (χ1v) is 8.26. The van der Waals surface area contributed by atoms with Gasteiger partial charge in [-0.05, 0) is 50.5 Å². The van der Waals surface area contributed by atoms with Crippen LogP contribution < -0.4 is 5.32 Å². The molecule has 18 heavy (non-hydrogen) atoms. The van der Waals surface area contributed by atoms with Crippen LogP contribution in [-0.2, 0) is 0 Å². The maximum absolute atomic E-state index is 4.08. The number of nitrogens with zero attached hydrogens (tertiary/aromatic N) is 1. The smallest absolute Gasteiger partial charge is 0.0250 e. The van der Waals surface area contributed by atoms with Crippen LogP contribution in [0.25, 0.3) is 0 Å². The minimum atomic E-state index is 0.803. The molecule has 2 heteroatoms. The van der Waals surface area contributed by atoms with E-state index >= 15 is 0 Å². The van der Waals surface area contributed by atoms with Crippen LogP contribution in [0.3, 0.4) is 0 Å². The van der Waals surface area contributed by atoms with E-state index in [0.29, 0.717) is 0 Å². The Labute approximate surface area is 113 Å². The van der Waals surface area contributed by atoms with E-state index in [1.807, 2.05) is 0 Å². The molecule has 0 spiro atoms. The molecule has 0 bridgehead atoms. The van der Waals surface area contributed by atoms with Crippen LogP contribution in [0.1, 0.15) is 58.8 Å². The molecule has 0 radical (unpaired) electrons. The van der Waals surface area contributed by atoms with E-state index in [4.69, 9.17) is 0 Å². The van der Waals surface area contributed by atoms with E-state index in [-0.39, 0.29) is 0 Å². The van der Waals surface area contributed by atoms with E-state index in [0.717, 1.165) is 30.0 Å². The molecule has 3 aliphatic rings. The number of hydrogen-bond donors (Lipinski definition) is 1. The fourth-order valence-electron chi connectivity index (χ4n) is 4.72. The Kier molecular flexibility index (Phi) is 3.95. The van der Waals surface area contributed by atoms with Gasteiger partial charge in [0.25, 0.3) is 0 Å². The van der Waals surface area contributed by atoms with Gasteiger partial charge in [0, 0.05) is 24.7 Å². The lowest BCUT2D eigenvalue weighted by atomic mass is 9.77. The second kappa shape index (κ2) is 5.50. The number of hydrogen-bond acceptors (Lipinski definition) is 2. The van der Waals surface area contributed by atoms with Gasteiger partial charge in [-0.3, -0.25) is 4.90 Å². The highest BCUT2D eigenvalue weighted by molar-refractivity contribution is 4.98. The summed E-state index contributed by atoms with van der Waals surface area (Å²) in [5, 5.41) is 4.08. The fraction of sp³-hybridized carbons (Fsp3) is 1.00. The van der Waals surface area contributed by atoms with Crippen molar-refractivity contribution in [2.45, 2.75) is 76.9 Å². The molecule has 4 unspecified atom stereocenters. The largest absolute Gasteiger partial charge is 0.309 e. The van der Waals surface area contributed by atoms with Gasteiger partial charge in [-0.1, -0.05) is 26.7 Å². The molecule has 0 aromatic carbocycles. The molecular weight excluding hydrogens is 220 g/mol. The molecule has 1 saturated carbocycles. The van der Waals surface area contributed by atoms with Crippen molar-refractivity contribution >= 4 is 0 Å². The minimum absolute atomic E-state index is 0.803. The van der Waals surface area contributed by atoms with Gasteiger partial charge in [0.2, 0.25) is 0 Å². The molecule has 1 N–H and O–H groups in total. The maximum Gasteiger partial charge on any atom is 0.0250 e. The van der Waals surface area contributed by atoms with Gasteiger partial charge in [0.15, 0.2) is 0 Å². The first-order chi connectivity index (χ1) is 8.75. The van der Waals surface area contributed by atoms with Crippen molar-refractivity contribution in [3.8, 4) is 0 Å². The summed E-state index contributed by atoms with van der Waals surface area (Å²) in [4.78, 5) is 2.73. The number of fused-ring (bicyclic) bond motifs is 1. The van der Waals surface area contributed by atoms with Crippen LogP contribution in [0.5, 0.6) is 0 Å². The Morgan fingerprint density at radius 1 is 0.889 bits per heavy atom. The highest BCUT2D eigenvalue weighted by atomic mass is 15.2. The van der Waals surface area contributed by atoms with Crippen LogP contribution >= 0.6 is 0 Å². The molecule has 2 nitrogen and oxygen atoms in total. The SMILES string of the molecule is CC(C)C1CCCCC1NC1CCN2CCCC12. The second-order valence-corrected chi connectivity index (χ2v) is 7.11. The van der Waals surface area contributed by atoms with Gasteiger partial charge in [-0.25, -0.2) is 0 Å². The van der Waals surface area contributed by atoms with Crippen LogP contribution in [0.4, 0.5) is 0 Å². The van der Waals surface area contributed by atoms with Gasteiger partial charge in [-0.2, -0.15) is 0 Å². The van der Waals surface area contributed by atoms with Crippen molar-refractivity contribution in [1.82, 2.24) is 10.2 Å². The minimum Gasteiger partial charge on any atom is -0.309 e. The molecule has 2 saturated heterocycles. The Bertz CT molecular complexity index is 276. The lowest BCUT2D eigenvalue weighted by Crippen LogP contribution is -2.49. The Balaban J connectivity index is 1.60. The van der Waals surface area contributed by atoms with E-state index in [2.05, 4.69) is 24.1 Å². The molecule has 0 aromatic heterocycles. The molecule has 3 fully saturated rings. The van der Waals surface area contributed by atoms with Crippen LogP contribution in [0.2, 0.25) is 0 Å². The normalized spacial score (nSPS) is 41.5. The summed E-state index contributed by atoms with van der Waals surface area (Å²) in [6, 6.07) is 2.49. The van der Waals surface area contributed by atoms with Gasteiger partial charge in [0.05, 0.1) is 0 Å². The third-order valence-electron chi connectivity index (χ3n) is 5.71. The molecular formula is C16H30N2. The van der Waals surface area contributed by atoms with E-state index in [9.17, 15) is 0 Å². The first kappa shape index (κ1) is 12.9. The van der Waals surface area contributed by atoms with Gasteiger partial charge in [0.1, 0.15) is 0 Å². The van der Waals surface area contributed by atoms with Crippen LogP contribution in [-0.4, -0.2) is 36.1 Å². The molecule has 1 aliphatic carbocycles. The fourth-order valence-corrected chi connectivity index (χ4v) is 4.72. The van der Waals surface area contributed by atoms with Gasteiger partial charge in [-0.15, -0.1) is 0 Å². The average molecular weight is 250 g/mol. The molecule has 2 heterocycles. The lowest BCUT2D eigenvalue weighted by molar-refractivity contribution is 0.181. The van der Waals surface area contributed by atoms with Gasteiger partial charge >= 0.3 is 0 Å². The number of rotatable bonds is 3. The van der Waals surface area contributed by atoms with Crippen molar-refractivity contribution in [1.29, 1.82) is 0 Å². The lowest BCUT2D eigenvalue weighted by Gasteiger charge is -2.38. The first-order valence-electron chi connectivity index (χ1n) is 8.26. The summed E-state index contributed by atoms with van der Waals surface area (Å²) in [5.74, 6) is 1.78. The van der Waals surface area contributed by atoms with Crippen molar-refractivity contribution < 1.29 is 0 Å². The highest BCUT2D eigenvalue weighted by Crippen LogP contribution is 2.33. The standard InChI is InChI=1S/C16H30N2/c1-12(2)13-6-3-4-7-14(13)17-15-9-11-18-10-5-8-16(15)18/h12-17H,3-11H2,1-2H3. The van der Waals surface area contributed by atoms with Crippen LogP contribution in [0.15, 0.2) is 0 Å². The predicted molar refractivity (Wildman–Crippen MR) is 76.7 cm³/mol. The summed E-state index contributed by atoms with van der Waals surface area (Å²) >= 11 is 0. The quantitative estimate of drug-likeness (QED) is 0.828. The summed E-state index contributed by atoms with van der Waals surface area (Å²) in [7, 11) is 0. The Hall–Kier alpha value is -0.0800. The number of nitrogens with one attached hydrogen (secondary N) is 1. The molecule has 104 valence electrons. The summed E-state index contributed by atoms with van der Waals surface area (Å²) in [6.45, 7) is 7.55. The van der Waals surface area contributed by atoms with Crippen molar-refractivity contribution in [3.63, 3.8) is 0 Å². The zero-order valence-corrected chi connectivity index (χ0v) is 12.2. The topological polar surface area (TPSA) is 15.3 Å². The van der Waals surface area contributed by atoms with Crippen molar-refractivity contribution in [2.75, 3.05) is 13.1 Å². The zero-order chi connectivity index (χ0) is 12.5. The second-order valence-electron chi connectivity index (χ2n) is 7.11. The molecule has 0 aromatic rings. The molecule has 2 aliphatic heterocycles. The Morgan fingerprint density at radius 2 is 1.72 bits per heavy atom. The average Bonchev–Trinajstić information content (AvgIpc) is 2.94. The van der Waals surface area contributed by atoms with Crippen LogP contribution in [0, 0.1) is 11.8 Å². The Morgan fingerprint density at radius 3 is 2.56 bits per heavy atom. The monoisotopic (exact) mass is 250 g/mol. The van der Waals surface area contributed by atoms with E-state index in [1.165, 1.54) is 58.0 Å². The summed E-state index contributed by atoms with van der Waals surface area (Å²) in [5.41, 5.74) is 0. The summed E-state index contributed by atoms with van der Waals surface area (Å²) in [6.07, 6.45) is 10.1. The summed E-state index contributed by atoms with van der Waals surface area (Å²) < 4.78 is 0. The molecule has 4 atom stereocenters. The zero-order valence-electron chi connectivity index (χ0n) is 12.2. The molecule has 0 amide bonds. The van der Waals surface area contributed by atoms with Gasteiger partial charge < -0.3 is 5.32 Å². The maximum atomic E-state index is 4.08. The third-order valence-corrected chi connectivity index (χ3v) is 5.71.